The Morgan fingerprint density at radius 1 is 1.14 bits per heavy atom. The summed E-state index contributed by atoms with van der Waals surface area (Å²) in [6, 6.07) is 12.8. The number of aliphatic hydroxyl groups excluding tert-OH is 1. The summed E-state index contributed by atoms with van der Waals surface area (Å²) < 4.78 is 5.64. The maximum Gasteiger partial charge on any atom is 0.269 e. The minimum Gasteiger partial charge on any atom is -0.393 e. The van der Waals surface area contributed by atoms with Crippen molar-refractivity contribution in [1.82, 2.24) is 15.6 Å². The number of carbonyl (C=O) groups excluding carboxylic acids is 2. The zero-order valence-corrected chi connectivity index (χ0v) is 16.5. The number of rotatable bonds is 6. The molecule has 29 heavy (non-hydrogen) atoms. The molecule has 0 spiro atoms. The second-order valence-corrected chi connectivity index (χ2v) is 7.72. The number of fused-ring (bicyclic) bond motifs is 1. The van der Waals surface area contributed by atoms with Crippen molar-refractivity contribution in [1.29, 1.82) is 0 Å². The smallest absolute Gasteiger partial charge is 0.269 e. The molecule has 1 aromatic heterocycles. The van der Waals surface area contributed by atoms with E-state index in [0.29, 0.717) is 23.1 Å². The van der Waals surface area contributed by atoms with Crippen molar-refractivity contribution in [2.45, 2.75) is 31.1 Å². The van der Waals surface area contributed by atoms with E-state index in [-0.39, 0.29) is 29.7 Å². The molecule has 1 heterocycles. The van der Waals surface area contributed by atoms with Crippen LogP contribution in [0.5, 0.6) is 0 Å². The van der Waals surface area contributed by atoms with E-state index in [9.17, 15) is 14.7 Å². The zero-order chi connectivity index (χ0) is 20.5. The third kappa shape index (κ3) is 3.88. The Morgan fingerprint density at radius 2 is 1.83 bits per heavy atom. The number of ether oxygens (including phenoxy) is 1. The summed E-state index contributed by atoms with van der Waals surface area (Å²) in [4.78, 5) is 29.6. The van der Waals surface area contributed by atoms with Gasteiger partial charge in [0.15, 0.2) is 0 Å². The van der Waals surface area contributed by atoms with Gasteiger partial charge in [0.1, 0.15) is 11.8 Å². The highest BCUT2D eigenvalue weighted by Gasteiger charge is 2.56. The second-order valence-electron chi connectivity index (χ2n) is 7.72. The number of benzene rings is 1. The van der Waals surface area contributed by atoms with Crippen LogP contribution in [0.2, 0.25) is 0 Å². The number of amides is 2. The largest absolute Gasteiger partial charge is 0.393 e. The Bertz CT molecular complexity index is 906. The molecule has 7 heteroatoms. The van der Waals surface area contributed by atoms with Gasteiger partial charge in [-0.1, -0.05) is 30.3 Å². The van der Waals surface area contributed by atoms with E-state index in [1.807, 2.05) is 30.3 Å². The number of nitrogens with one attached hydrogen (secondary N) is 2. The fourth-order valence-corrected chi connectivity index (χ4v) is 4.38. The van der Waals surface area contributed by atoms with Crippen molar-refractivity contribution in [3.63, 3.8) is 0 Å². The van der Waals surface area contributed by atoms with Crippen LogP contribution in [0.1, 0.15) is 51.0 Å². The minimum atomic E-state index is -0.497. The number of pyridine rings is 1. The van der Waals surface area contributed by atoms with Crippen LogP contribution in [0.4, 0.5) is 0 Å². The van der Waals surface area contributed by atoms with Crippen LogP contribution in [0.15, 0.2) is 42.5 Å². The molecule has 0 saturated heterocycles. The number of aromatic nitrogens is 1. The normalized spacial score (nSPS) is 25.8. The number of carbonyl (C=O) groups is 2. The van der Waals surface area contributed by atoms with Crippen LogP contribution in [-0.2, 0) is 4.74 Å². The maximum absolute atomic E-state index is 12.9. The first-order valence-corrected chi connectivity index (χ1v) is 9.82. The second kappa shape index (κ2) is 7.93. The van der Waals surface area contributed by atoms with Gasteiger partial charge in [0.2, 0.25) is 0 Å². The summed E-state index contributed by atoms with van der Waals surface area (Å²) in [7, 11) is 3.10. The molecule has 2 amide bonds. The van der Waals surface area contributed by atoms with Gasteiger partial charge in [-0.2, -0.15) is 0 Å². The highest BCUT2D eigenvalue weighted by Crippen LogP contribution is 2.52. The summed E-state index contributed by atoms with van der Waals surface area (Å²) in [5, 5.41) is 15.3. The predicted molar refractivity (Wildman–Crippen MR) is 106 cm³/mol. The molecule has 2 saturated carbocycles. The molecule has 2 aliphatic carbocycles. The number of hydrogen-bond acceptors (Lipinski definition) is 5. The lowest BCUT2D eigenvalue weighted by molar-refractivity contribution is 0.0935. The summed E-state index contributed by atoms with van der Waals surface area (Å²) in [5.74, 6) is 0.0975. The van der Waals surface area contributed by atoms with Crippen molar-refractivity contribution in [2.24, 2.45) is 11.8 Å². The van der Waals surface area contributed by atoms with E-state index in [1.54, 1.807) is 13.2 Å². The average Bonchev–Trinajstić information content (AvgIpc) is 3.18. The van der Waals surface area contributed by atoms with Gasteiger partial charge in [0.05, 0.1) is 11.8 Å². The number of methoxy groups -OCH3 is 1. The molecule has 2 fully saturated rings. The van der Waals surface area contributed by atoms with Gasteiger partial charge in [-0.25, -0.2) is 4.98 Å². The molecule has 3 N–H and O–H groups in total. The molecule has 0 bridgehead atoms. The standard InChI is InChI=1S/C22H25N3O4/c1-23-22(28)18-9-13(21(27)25-19-15-10-14(26)11-16(15)19)8-17(24-18)20(29-2)12-6-4-3-5-7-12/h3-9,14-16,19-20,26H,10-11H2,1-2H3,(H,23,28)(H,25,27). The topological polar surface area (TPSA) is 101 Å². The summed E-state index contributed by atoms with van der Waals surface area (Å²) in [6.07, 6.45) is 0.725. The third-order valence-corrected chi connectivity index (χ3v) is 5.89. The molecule has 4 rings (SSSR count). The highest BCUT2D eigenvalue weighted by atomic mass is 16.5. The predicted octanol–water partition coefficient (Wildman–Crippen LogP) is 1.68. The van der Waals surface area contributed by atoms with Gasteiger partial charge in [0, 0.05) is 25.8 Å². The Balaban J connectivity index is 1.62. The van der Waals surface area contributed by atoms with Crippen LogP contribution < -0.4 is 10.6 Å². The lowest BCUT2D eigenvalue weighted by atomic mass is 10.0. The van der Waals surface area contributed by atoms with E-state index in [0.717, 1.165) is 18.4 Å². The van der Waals surface area contributed by atoms with Gasteiger partial charge < -0.3 is 20.5 Å². The number of aliphatic hydroxyl groups is 1. The maximum atomic E-state index is 12.9. The van der Waals surface area contributed by atoms with E-state index in [2.05, 4.69) is 15.6 Å². The van der Waals surface area contributed by atoms with Crippen molar-refractivity contribution in [2.75, 3.05) is 14.2 Å². The van der Waals surface area contributed by atoms with Gasteiger partial charge in [-0.15, -0.1) is 0 Å². The quantitative estimate of drug-likeness (QED) is 0.691. The third-order valence-electron chi connectivity index (χ3n) is 5.89. The first-order chi connectivity index (χ1) is 14.0. The van der Waals surface area contributed by atoms with E-state index in [1.165, 1.54) is 13.1 Å². The van der Waals surface area contributed by atoms with Gasteiger partial charge in [0.25, 0.3) is 11.8 Å². The SMILES string of the molecule is CNC(=O)c1cc(C(=O)NC2C3CC(O)CC32)cc(C(OC)c2ccccc2)n1. The van der Waals surface area contributed by atoms with Crippen LogP contribution >= 0.6 is 0 Å². The Morgan fingerprint density at radius 3 is 2.45 bits per heavy atom. The van der Waals surface area contributed by atoms with Crippen molar-refractivity contribution in [3.8, 4) is 0 Å². The van der Waals surface area contributed by atoms with Crippen LogP contribution in [-0.4, -0.2) is 48.2 Å². The van der Waals surface area contributed by atoms with Crippen molar-refractivity contribution >= 4 is 11.8 Å². The summed E-state index contributed by atoms with van der Waals surface area (Å²) in [6.45, 7) is 0. The van der Waals surface area contributed by atoms with E-state index >= 15 is 0 Å². The first-order valence-electron chi connectivity index (χ1n) is 9.82. The molecule has 3 unspecified atom stereocenters. The molecule has 0 aliphatic heterocycles. The van der Waals surface area contributed by atoms with E-state index < -0.39 is 6.10 Å². The number of nitrogens with zero attached hydrogens (tertiary/aromatic N) is 1. The fourth-order valence-electron chi connectivity index (χ4n) is 4.38. The molecule has 0 radical (unpaired) electrons. The van der Waals surface area contributed by atoms with E-state index in [4.69, 9.17) is 4.74 Å². The van der Waals surface area contributed by atoms with Crippen molar-refractivity contribution < 1.29 is 19.4 Å². The lowest BCUT2D eigenvalue weighted by Crippen LogP contribution is -2.31. The van der Waals surface area contributed by atoms with Crippen molar-refractivity contribution in [3.05, 3.63) is 65.0 Å². The molecule has 3 atom stereocenters. The zero-order valence-electron chi connectivity index (χ0n) is 16.5. The number of hydrogen-bond donors (Lipinski definition) is 3. The molecule has 1 aromatic carbocycles. The monoisotopic (exact) mass is 395 g/mol. The van der Waals surface area contributed by atoms with Crippen LogP contribution in [0.25, 0.3) is 0 Å². The molecule has 2 aliphatic rings. The fraction of sp³-hybridized carbons (Fsp3) is 0.409. The summed E-state index contributed by atoms with van der Waals surface area (Å²) >= 11 is 0. The molecule has 2 aromatic rings. The Hall–Kier alpha value is -2.77. The first kappa shape index (κ1) is 19.5. The van der Waals surface area contributed by atoms with Crippen LogP contribution in [0.3, 0.4) is 0 Å². The van der Waals surface area contributed by atoms with Crippen LogP contribution in [0, 0.1) is 11.8 Å². The minimum absolute atomic E-state index is 0.0957. The molecule has 152 valence electrons. The molecular weight excluding hydrogens is 370 g/mol. The van der Waals surface area contributed by atoms with Gasteiger partial charge >= 0.3 is 0 Å². The molecular formula is C22H25N3O4. The lowest BCUT2D eigenvalue weighted by Gasteiger charge is -2.17. The van der Waals surface area contributed by atoms with Gasteiger partial charge in [-0.05, 0) is 42.4 Å². The summed E-state index contributed by atoms with van der Waals surface area (Å²) in [5.41, 5.74) is 1.92. The molecule has 7 nitrogen and oxygen atoms in total. The highest BCUT2D eigenvalue weighted by molar-refractivity contribution is 5.99. The van der Waals surface area contributed by atoms with Gasteiger partial charge in [-0.3, -0.25) is 9.59 Å². The Kier molecular flexibility index (Phi) is 5.34. The average molecular weight is 395 g/mol. The Labute approximate surface area is 169 Å².